The van der Waals surface area contributed by atoms with Gasteiger partial charge in [-0.2, -0.15) is 0 Å². The van der Waals surface area contributed by atoms with Gasteiger partial charge in [-0.15, -0.1) is 29.8 Å². The monoisotopic (exact) mass is 596 g/mol. The first-order valence-corrected chi connectivity index (χ1v) is 9.76. The molecule has 32 heavy (non-hydrogen) atoms. The molecule has 0 saturated heterocycles. The smallest absolute Gasteiger partial charge is 0.190 e. The number of aromatic nitrogens is 3. The number of imidazole rings is 1. The van der Waals surface area contributed by atoms with E-state index in [0.29, 0.717) is 17.1 Å². The van der Waals surface area contributed by atoms with E-state index in [1.165, 1.54) is 6.07 Å². The third kappa shape index (κ3) is 3.70. The van der Waals surface area contributed by atoms with Gasteiger partial charge in [0, 0.05) is 40.0 Å². The fourth-order valence-corrected chi connectivity index (χ4v) is 3.75. The topological polar surface area (TPSA) is 55.3 Å². The second-order valence-corrected chi connectivity index (χ2v) is 7.17. The summed E-state index contributed by atoms with van der Waals surface area (Å²) in [5.74, 6) is 0.675. The predicted octanol–water partition coefficient (Wildman–Crippen LogP) is 6.02. The standard InChI is InChI=1S/C26H17N4O.Pt/c1-27-19-12-13-21(24(31)16-19)26-29-25-20(9-6-11-23(25)30(26)2)17-7-5-8-18(15-17)22-10-3-4-14-28-22;/h3-14,16,31H,2H3;/q-1;. The van der Waals surface area contributed by atoms with E-state index in [1.807, 2.05) is 66.2 Å². The van der Waals surface area contributed by atoms with Crippen LogP contribution in [0.5, 0.6) is 5.75 Å². The summed E-state index contributed by atoms with van der Waals surface area (Å²) in [5.41, 5.74) is 6.40. The molecule has 0 amide bonds. The van der Waals surface area contributed by atoms with E-state index in [0.717, 1.165) is 33.4 Å². The van der Waals surface area contributed by atoms with E-state index in [4.69, 9.17) is 11.6 Å². The molecular formula is C26H17N4OPt-. The van der Waals surface area contributed by atoms with Crippen molar-refractivity contribution in [1.82, 2.24) is 14.5 Å². The molecule has 5 rings (SSSR count). The van der Waals surface area contributed by atoms with Crippen molar-refractivity contribution in [3.8, 4) is 39.5 Å². The van der Waals surface area contributed by atoms with Gasteiger partial charge in [-0.05, 0) is 18.2 Å². The first kappa shape index (κ1) is 21.5. The molecule has 0 saturated carbocycles. The van der Waals surface area contributed by atoms with Crippen molar-refractivity contribution in [2.24, 2.45) is 7.05 Å². The van der Waals surface area contributed by atoms with Gasteiger partial charge in [0.1, 0.15) is 11.6 Å². The van der Waals surface area contributed by atoms with Crippen LogP contribution in [0.2, 0.25) is 0 Å². The van der Waals surface area contributed by atoms with Gasteiger partial charge in [0.2, 0.25) is 0 Å². The molecule has 0 unspecified atom stereocenters. The number of hydrogen-bond donors (Lipinski definition) is 1. The van der Waals surface area contributed by atoms with Gasteiger partial charge in [-0.25, -0.2) is 9.83 Å². The predicted molar refractivity (Wildman–Crippen MR) is 122 cm³/mol. The Labute approximate surface area is 200 Å². The van der Waals surface area contributed by atoms with Gasteiger partial charge in [0.25, 0.3) is 0 Å². The van der Waals surface area contributed by atoms with Gasteiger partial charge >= 0.3 is 0 Å². The zero-order valence-corrected chi connectivity index (χ0v) is 19.3. The van der Waals surface area contributed by atoms with E-state index in [-0.39, 0.29) is 26.8 Å². The van der Waals surface area contributed by atoms with Crippen LogP contribution >= 0.6 is 0 Å². The molecule has 158 valence electrons. The summed E-state index contributed by atoms with van der Waals surface area (Å²) in [7, 11) is 1.92. The fraction of sp³-hybridized carbons (Fsp3) is 0.0385. The largest absolute Gasteiger partial charge is 0.509 e. The number of hydrogen-bond acceptors (Lipinski definition) is 3. The number of aromatic hydroxyl groups is 1. The van der Waals surface area contributed by atoms with Crippen LogP contribution in [0.1, 0.15) is 0 Å². The van der Waals surface area contributed by atoms with Crippen LogP contribution in [0.4, 0.5) is 5.69 Å². The zero-order valence-electron chi connectivity index (χ0n) is 17.1. The van der Waals surface area contributed by atoms with E-state index in [2.05, 4.69) is 15.9 Å². The quantitative estimate of drug-likeness (QED) is 0.259. The van der Waals surface area contributed by atoms with Crippen LogP contribution in [-0.2, 0) is 28.1 Å². The molecule has 0 bridgehead atoms. The van der Waals surface area contributed by atoms with Gasteiger partial charge in [0.05, 0.1) is 23.2 Å². The Balaban J connectivity index is 0.00000245. The first-order valence-electron chi connectivity index (χ1n) is 9.76. The Hall–Kier alpha value is -3.74. The SMILES string of the molecule is [C-]#[N+]c1ccc(-c2nc3c(-c4[c-]c(-c5ccccn5)ccc4)cccc3n2C)c(O)c1.[Pt]. The maximum atomic E-state index is 10.5. The van der Waals surface area contributed by atoms with E-state index >= 15 is 0 Å². The van der Waals surface area contributed by atoms with E-state index < -0.39 is 0 Å². The molecule has 3 aromatic carbocycles. The Morgan fingerprint density at radius 1 is 0.938 bits per heavy atom. The molecule has 0 aliphatic heterocycles. The molecule has 2 aromatic heterocycles. The average Bonchev–Trinajstić information content (AvgIpc) is 3.16. The zero-order chi connectivity index (χ0) is 21.4. The van der Waals surface area contributed by atoms with Crippen molar-refractivity contribution in [2.45, 2.75) is 0 Å². The van der Waals surface area contributed by atoms with Gasteiger partial charge in [-0.3, -0.25) is 4.98 Å². The third-order valence-electron chi connectivity index (χ3n) is 5.29. The van der Waals surface area contributed by atoms with Crippen molar-refractivity contribution < 1.29 is 26.2 Å². The molecule has 0 spiro atoms. The molecule has 6 heteroatoms. The molecule has 0 aliphatic rings. The number of nitrogens with zero attached hydrogens (tertiary/aromatic N) is 4. The van der Waals surface area contributed by atoms with Crippen LogP contribution in [0.25, 0.3) is 49.7 Å². The molecule has 0 fully saturated rings. The Morgan fingerprint density at radius 2 is 1.75 bits per heavy atom. The summed E-state index contributed by atoms with van der Waals surface area (Å²) in [5, 5.41) is 10.5. The number of pyridine rings is 1. The van der Waals surface area contributed by atoms with Crippen LogP contribution in [0.3, 0.4) is 0 Å². The average molecular weight is 597 g/mol. The summed E-state index contributed by atoms with van der Waals surface area (Å²) in [4.78, 5) is 12.7. The Bertz CT molecular complexity index is 1470. The van der Waals surface area contributed by atoms with Gasteiger partial charge in [-0.1, -0.05) is 47.5 Å². The van der Waals surface area contributed by atoms with Gasteiger partial charge in [0.15, 0.2) is 5.69 Å². The number of fused-ring (bicyclic) bond motifs is 1. The molecule has 2 heterocycles. The summed E-state index contributed by atoms with van der Waals surface area (Å²) in [6.07, 6.45) is 1.77. The van der Waals surface area contributed by atoms with Crippen molar-refractivity contribution in [1.29, 1.82) is 0 Å². The Morgan fingerprint density at radius 3 is 2.50 bits per heavy atom. The molecule has 0 radical (unpaired) electrons. The summed E-state index contributed by atoms with van der Waals surface area (Å²) in [6, 6.07) is 26.2. The van der Waals surface area contributed by atoms with E-state index in [9.17, 15) is 5.11 Å². The van der Waals surface area contributed by atoms with Crippen molar-refractivity contribution >= 4 is 16.7 Å². The molecule has 0 atom stereocenters. The Kier molecular flexibility index (Phi) is 5.90. The number of benzene rings is 3. The summed E-state index contributed by atoms with van der Waals surface area (Å²) >= 11 is 0. The second-order valence-electron chi connectivity index (χ2n) is 7.17. The fourth-order valence-electron chi connectivity index (χ4n) is 3.75. The van der Waals surface area contributed by atoms with Crippen LogP contribution in [0, 0.1) is 12.6 Å². The van der Waals surface area contributed by atoms with Crippen LogP contribution in [-0.4, -0.2) is 19.6 Å². The maximum absolute atomic E-state index is 10.5. The maximum Gasteiger partial charge on any atom is 0.190 e. The molecule has 1 N–H and O–H groups in total. The van der Waals surface area contributed by atoms with Crippen molar-refractivity contribution in [3.63, 3.8) is 0 Å². The minimum absolute atomic E-state index is 0. The minimum Gasteiger partial charge on any atom is -0.509 e. The number of rotatable bonds is 3. The minimum atomic E-state index is 0. The second kappa shape index (κ2) is 8.78. The van der Waals surface area contributed by atoms with E-state index in [1.54, 1.807) is 18.3 Å². The van der Waals surface area contributed by atoms with Crippen molar-refractivity contribution in [3.05, 3.63) is 96.5 Å². The number of aryl methyl sites for hydroxylation is 1. The molecular weight excluding hydrogens is 579 g/mol. The molecule has 0 aliphatic carbocycles. The summed E-state index contributed by atoms with van der Waals surface area (Å²) < 4.78 is 1.95. The number of phenols is 1. The van der Waals surface area contributed by atoms with Crippen LogP contribution in [0.15, 0.2) is 79.0 Å². The molecule has 5 aromatic rings. The van der Waals surface area contributed by atoms with Crippen LogP contribution < -0.4 is 0 Å². The third-order valence-corrected chi connectivity index (χ3v) is 5.29. The summed E-state index contributed by atoms with van der Waals surface area (Å²) in [6.45, 7) is 7.13. The first-order chi connectivity index (χ1) is 15.2. The van der Waals surface area contributed by atoms with Gasteiger partial charge < -0.3 is 9.67 Å². The number of phenolic OH excluding ortho intramolecular Hbond substituents is 1. The van der Waals surface area contributed by atoms with Crippen molar-refractivity contribution in [2.75, 3.05) is 0 Å². The normalized spacial score (nSPS) is 10.5. The molecule has 5 nitrogen and oxygen atoms in total. The number of para-hydroxylation sites is 1.